The number of hydrogen-bond donors (Lipinski definition) is 0. The molecule has 6 nitrogen and oxygen atoms in total. The number of rotatable bonds is 5. The molecule has 0 spiro atoms. The molecular weight excluding hydrogens is 349 g/mol. The minimum Gasteiger partial charge on any atom is -0.462 e. The second-order valence-corrected chi connectivity index (χ2v) is 7.98. The molecule has 1 aliphatic heterocycles. The van der Waals surface area contributed by atoms with Crippen LogP contribution in [0.5, 0.6) is 0 Å². The molecule has 0 bridgehead atoms. The predicted octanol–water partition coefficient (Wildman–Crippen LogP) is 1.92. The second-order valence-electron chi connectivity index (χ2n) is 5.16. The maximum Gasteiger partial charge on any atom is 0.340 e. The first kappa shape index (κ1) is 17.7. The van der Waals surface area contributed by atoms with E-state index in [1.165, 1.54) is 11.0 Å². The van der Waals surface area contributed by atoms with E-state index >= 15 is 0 Å². The molecule has 2 rings (SSSR count). The van der Waals surface area contributed by atoms with Crippen LogP contribution in [0.1, 0.15) is 23.7 Å². The monoisotopic (exact) mass is 363 g/mol. The molecular formula is C14H15ClFNO5S. The van der Waals surface area contributed by atoms with E-state index in [2.05, 4.69) is 0 Å². The summed E-state index contributed by atoms with van der Waals surface area (Å²) in [5.74, 6) is -2.56. The number of benzene rings is 1. The van der Waals surface area contributed by atoms with Gasteiger partial charge < -0.3 is 9.64 Å². The zero-order valence-corrected chi connectivity index (χ0v) is 13.9. The largest absolute Gasteiger partial charge is 0.462 e. The van der Waals surface area contributed by atoms with Gasteiger partial charge >= 0.3 is 5.97 Å². The van der Waals surface area contributed by atoms with Gasteiger partial charge in [-0.05, 0) is 25.1 Å². The lowest BCUT2D eigenvalue weighted by Crippen LogP contribution is -2.27. The summed E-state index contributed by atoms with van der Waals surface area (Å²) < 4.78 is 40.6. The molecule has 1 aliphatic rings. The van der Waals surface area contributed by atoms with Crippen LogP contribution >= 0.6 is 10.7 Å². The van der Waals surface area contributed by atoms with Gasteiger partial charge in [-0.25, -0.2) is 17.6 Å². The number of ether oxygens (including phenoxy) is 1. The highest BCUT2D eigenvalue weighted by atomic mass is 35.7. The number of amides is 1. The third kappa shape index (κ3) is 4.42. The summed E-state index contributed by atoms with van der Waals surface area (Å²) in [6.07, 6.45) is -0.00834. The average molecular weight is 364 g/mol. The van der Waals surface area contributed by atoms with Crippen LogP contribution in [-0.4, -0.2) is 39.2 Å². The molecule has 9 heteroatoms. The van der Waals surface area contributed by atoms with Crippen LogP contribution in [0.4, 0.5) is 10.1 Å². The van der Waals surface area contributed by atoms with Crippen molar-refractivity contribution < 1.29 is 27.1 Å². The highest BCUT2D eigenvalue weighted by Gasteiger charge is 2.35. The molecule has 0 aromatic heterocycles. The van der Waals surface area contributed by atoms with Crippen molar-refractivity contribution in [3.63, 3.8) is 0 Å². The standard InChI is InChI=1S/C14H15ClFNO5S/c1-2-22-14(19)11-6-10(16)3-4-12(11)17-7-9(5-13(17)18)8-23(15,20)21/h3-4,6,9H,2,5,7-8H2,1H3. The van der Waals surface area contributed by atoms with Crippen molar-refractivity contribution in [1.82, 2.24) is 0 Å². The van der Waals surface area contributed by atoms with E-state index in [0.717, 1.165) is 12.1 Å². The van der Waals surface area contributed by atoms with Crippen LogP contribution in [0.3, 0.4) is 0 Å². The quantitative estimate of drug-likeness (QED) is 0.589. The molecule has 23 heavy (non-hydrogen) atoms. The van der Waals surface area contributed by atoms with Crippen molar-refractivity contribution >= 4 is 37.3 Å². The lowest BCUT2D eigenvalue weighted by atomic mass is 10.1. The molecule has 1 heterocycles. The fraction of sp³-hybridized carbons (Fsp3) is 0.429. The van der Waals surface area contributed by atoms with Gasteiger partial charge in [-0.3, -0.25) is 4.79 Å². The molecule has 1 aromatic rings. The van der Waals surface area contributed by atoms with Gasteiger partial charge in [0, 0.05) is 29.6 Å². The minimum absolute atomic E-state index is 0.00834. The van der Waals surface area contributed by atoms with Gasteiger partial charge in [-0.15, -0.1) is 0 Å². The van der Waals surface area contributed by atoms with Gasteiger partial charge in [-0.1, -0.05) is 0 Å². The molecule has 1 atom stereocenters. The van der Waals surface area contributed by atoms with E-state index in [1.54, 1.807) is 6.92 Å². The van der Waals surface area contributed by atoms with Crippen LogP contribution in [0, 0.1) is 11.7 Å². The molecule has 1 amide bonds. The number of anilines is 1. The Hall–Kier alpha value is -1.67. The van der Waals surface area contributed by atoms with E-state index in [4.69, 9.17) is 15.4 Å². The Morgan fingerprint density at radius 3 is 2.78 bits per heavy atom. The van der Waals surface area contributed by atoms with E-state index in [0.29, 0.717) is 0 Å². The van der Waals surface area contributed by atoms with Gasteiger partial charge in [0.05, 0.1) is 23.6 Å². The third-order valence-corrected chi connectivity index (χ3v) is 4.63. The Balaban J connectivity index is 2.31. The summed E-state index contributed by atoms with van der Waals surface area (Å²) in [6, 6.07) is 3.42. The Morgan fingerprint density at radius 2 is 2.17 bits per heavy atom. The van der Waals surface area contributed by atoms with Crippen molar-refractivity contribution in [3.05, 3.63) is 29.6 Å². The Bertz CT molecular complexity index is 737. The topological polar surface area (TPSA) is 80.8 Å². The molecule has 1 fully saturated rings. The first-order valence-corrected chi connectivity index (χ1v) is 9.38. The van der Waals surface area contributed by atoms with Crippen molar-refractivity contribution in [2.24, 2.45) is 5.92 Å². The zero-order chi connectivity index (χ0) is 17.2. The summed E-state index contributed by atoms with van der Waals surface area (Å²) in [6.45, 7) is 1.80. The van der Waals surface area contributed by atoms with E-state index < -0.39 is 26.8 Å². The van der Waals surface area contributed by atoms with Gasteiger partial charge in [0.15, 0.2) is 0 Å². The second kappa shape index (κ2) is 6.84. The van der Waals surface area contributed by atoms with Crippen molar-refractivity contribution in [2.75, 3.05) is 23.8 Å². The predicted molar refractivity (Wildman–Crippen MR) is 82.5 cm³/mol. The van der Waals surface area contributed by atoms with E-state index in [-0.39, 0.29) is 42.5 Å². The van der Waals surface area contributed by atoms with E-state index in [1.807, 2.05) is 0 Å². The van der Waals surface area contributed by atoms with Gasteiger partial charge in [-0.2, -0.15) is 0 Å². The Morgan fingerprint density at radius 1 is 1.48 bits per heavy atom. The van der Waals surface area contributed by atoms with Crippen LogP contribution in [0.25, 0.3) is 0 Å². The normalized spacial score (nSPS) is 18.3. The van der Waals surface area contributed by atoms with Crippen LogP contribution in [0.2, 0.25) is 0 Å². The molecule has 0 radical (unpaired) electrons. The number of carbonyl (C=O) groups is 2. The maximum atomic E-state index is 13.4. The minimum atomic E-state index is -3.74. The summed E-state index contributed by atoms with van der Waals surface area (Å²) in [4.78, 5) is 25.3. The van der Waals surface area contributed by atoms with Crippen LogP contribution in [0.15, 0.2) is 18.2 Å². The number of halogens is 2. The fourth-order valence-electron chi connectivity index (χ4n) is 2.52. The smallest absolute Gasteiger partial charge is 0.340 e. The van der Waals surface area contributed by atoms with Crippen molar-refractivity contribution in [1.29, 1.82) is 0 Å². The highest BCUT2D eigenvalue weighted by molar-refractivity contribution is 8.13. The fourth-order valence-corrected chi connectivity index (χ4v) is 3.84. The SMILES string of the molecule is CCOC(=O)c1cc(F)ccc1N1CC(CS(=O)(=O)Cl)CC1=O. The van der Waals surface area contributed by atoms with Gasteiger partial charge in [0.2, 0.25) is 15.0 Å². The molecule has 0 aliphatic carbocycles. The van der Waals surface area contributed by atoms with E-state index in [9.17, 15) is 22.4 Å². The molecule has 1 saturated heterocycles. The Labute approximate surface area is 137 Å². The number of nitrogens with zero attached hydrogens (tertiary/aromatic N) is 1. The number of hydrogen-bond acceptors (Lipinski definition) is 5. The first-order valence-electron chi connectivity index (χ1n) is 6.90. The lowest BCUT2D eigenvalue weighted by molar-refractivity contribution is -0.117. The molecule has 1 unspecified atom stereocenters. The molecule has 0 saturated carbocycles. The lowest BCUT2D eigenvalue weighted by Gasteiger charge is -2.19. The summed E-state index contributed by atoms with van der Waals surface area (Å²) in [5, 5.41) is 0. The van der Waals surface area contributed by atoms with Crippen LogP contribution < -0.4 is 4.90 Å². The first-order chi connectivity index (χ1) is 10.7. The maximum absolute atomic E-state index is 13.4. The Kier molecular flexibility index (Phi) is 5.26. The summed E-state index contributed by atoms with van der Waals surface area (Å²) >= 11 is 0. The van der Waals surface area contributed by atoms with Gasteiger partial charge in [0.25, 0.3) is 0 Å². The van der Waals surface area contributed by atoms with Crippen LogP contribution in [-0.2, 0) is 18.6 Å². The summed E-state index contributed by atoms with van der Waals surface area (Å²) in [5.41, 5.74) is 0.124. The zero-order valence-electron chi connectivity index (χ0n) is 12.3. The average Bonchev–Trinajstić information content (AvgIpc) is 2.77. The molecule has 1 aromatic carbocycles. The van der Waals surface area contributed by atoms with Gasteiger partial charge in [0.1, 0.15) is 5.82 Å². The number of carbonyl (C=O) groups excluding carboxylic acids is 2. The third-order valence-electron chi connectivity index (χ3n) is 3.38. The molecule has 0 N–H and O–H groups in total. The number of esters is 1. The summed E-state index contributed by atoms with van der Waals surface area (Å²) in [7, 11) is 1.48. The molecule has 126 valence electrons. The highest BCUT2D eigenvalue weighted by Crippen LogP contribution is 2.30. The van der Waals surface area contributed by atoms with Crippen molar-refractivity contribution in [2.45, 2.75) is 13.3 Å². The van der Waals surface area contributed by atoms with Crippen molar-refractivity contribution in [3.8, 4) is 0 Å².